The maximum Gasteiger partial charge on any atom is 0.199 e. The predicted molar refractivity (Wildman–Crippen MR) is 97.6 cm³/mol. The highest BCUT2D eigenvalue weighted by molar-refractivity contribution is 6.30. The highest BCUT2D eigenvalue weighted by Gasteiger charge is 2.17. The lowest BCUT2D eigenvalue weighted by Gasteiger charge is -2.06. The van der Waals surface area contributed by atoms with Crippen molar-refractivity contribution in [3.8, 4) is 11.4 Å². The van der Waals surface area contributed by atoms with Crippen molar-refractivity contribution in [2.75, 3.05) is 0 Å². The van der Waals surface area contributed by atoms with Crippen LogP contribution in [-0.4, -0.2) is 20.7 Å². The number of ketones is 1. The van der Waals surface area contributed by atoms with Crippen molar-refractivity contribution < 1.29 is 9.90 Å². The van der Waals surface area contributed by atoms with Crippen molar-refractivity contribution in [1.82, 2.24) is 9.78 Å². The van der Waals surface area contributed by atoms with Crippen molar-refractivity contribution in [3.63, 3.8) is 0 Å². The molecule has 0 aliphatic rings. The van der Waals surface area contributed by atoms with Crippen LogP contribution in [0.1, 0.15) is 15.9 Å². The van der Waals surface area contributed by atoms with E-state index in [1.807, 2.05) is 36.4 Å². The molecule has 0 aliphatic carbocycles. The Morgan fingerprint density at radius 1 is 1.00 bits per heavy atom. The van der Waals surface area contributed by atoms with E-state index in [1.54, 1.807) is 35.1 Å². The van der Waals surface area contributed by atoms with Gasteiger partial charge in [-0.25, -0.2) is 4.68 Å². The number of benzene rings is 3. The van der Waals surface area contributed by atoms with Gasteiger partial charge in [-0.3, -0.25) is 4.79 Å². The molecule has 3 aromatic carbocycles. The largest absolute Gasteiger partial charge is 0.507 e. The van der Waals surface area contributed by atoms with Gasteiger partial charge < -0.3 is 5.11 Å². The monoisotopic (exact) mass is 348 g/mol. The van der Waals surface area contributed by atoms with Crippen LogP contribution in [0.5, 0.6) is 5.75 Å². The molecule has 0 saturated heterocycles. The molecule has 0 saturated carbocycles. The fourth-order valence-electron chi connectivity index (χ4n) is 2.77. The third kappa shape index (κ3) is 2.77. The number of carbonyl (C=O) groups is 1. The van der Waals surface area contributed by atoms with Gasteiger partial charge in [0.1, 0.15) is 5.75 Å². The Morgan fingerprint density at radius 3 is 2.56 bits per heavy atom. The molecular weight excluding hydrogens is 336 g/mol. The average Bonchev–Trinajstić information content (AvgIpc) is 3.12. The smallest absolute Gasteiger partial charge is 0.199 e. The van der Waals surface area contributed by atoms with Crippen molar-refractivity contribution in [3.05, 3.63) is 89.2 Å². The Kier molecular flexibility index (Phi) is 3.75. The summed E-state index contributed by atoms with van der Waals surface area (Å²) in [6.07, 6.45) is 3.13. The number of hydrogen-bond acceptors (Lipinski definition) is 3. The molecule has 4 aromatic rings. The third-order valence-electron chi connectivity index (χ3n) is 4.08. The molecule has 5 heteroatoms. The van der Waals surface area contributed by atoms with Gasteiger partial charge in [0.15, 0.2) is 5.78 Å². The highest BCUT2D eigenvalue weighted by atomic mass is 35.5. The van der Waals surface area contributed by atoms with Gasteiger partial charge in [0, 0.05) is 16.6 Å². The lowest BCUT2D eigenvalue weighted by Crippen LogP contribution is -2.01. The van der Waals surface area contributed by atoms with E-state index < -0.39 is 0 Å². The number of halogens is 1. The summed E-state index contributed by atoms with van der Waals surface area (Å²) >= 11 is 5.89. The molecular formula is C20H13ClN2O2. The van der Waals surface area contributed by atoms with Crippen LogP contribution in [0.2, 0.25) is 5.02 Å². The number of nitrogens with zero attached hydrogens (tertiary/aromatic N) is 2. The van der Waals surface area contributed by atoms with E-state index in [0.717, 1.165) is 11.1 Å². The molecule has 0 radical (unpaired) electrons. The minimum Gasteiger partial charge on any atom is -0.507 e. The van der Waals surface area contributed by atoms with Crippen LogP contribution in [-0.2, 0) is 0 Å². The van der Waals surface area contributed by atoms with E-state index in [2.05, 4.69) is 5.10 Å². The second kappa shape index (κ2) is 6.07. The molecule has 4 rings (SSSR count). The highest BCUT2D eigenvalue weighted by Crippen LogP contribution is 2.30. The predicted octanol–water partition coefficient (Wildman–Crippen LogP) is 4.62. The Bertz CT molecular complexity index is 1080. The van der Waals surface area contributed by atoms with E-state index in [4.69, 9.17) is 11.6 Å². The molecule has 122 valence electrons. The van der Waals surface area contributed by atoms with E-state index in [1.165, 1.54) is 6.20 Å². The van der Waals surface area contributed by atoms with Crippen LogP contribution in [0, 0.1) is 0 Å². The molecule has 0 spiro atoms. The van der Waals surface area contributed by atoms with Gasteiger partial charge in [-0.2, -0.15) is 5.10 Å². The zero-order valence-corrected chi connectivity index (χ0v) is 13.8. The quantitative estimate of drug-likeness (QED) is 0.550. The number of rotatable bonds is 3. The first-order valence-corrected chi connectivity index (χ1v) is 8.07. The summed E-state index contributed by atoms with van der Waals surface area (Å²) < 4.78 is 1.60. The standard InChI is InChI=1S/C20H13ClN2O2/c21-15-6-8-16(9-7-15)23-12-14(11-22-23)19(24)18-10-5-13-3-1-2-4-17(13)20(18)25/h1-12,25H. The summed E-state index contributed by atoms with van der Waals surface area (Å²) in [5.41, 5.74) is 1.46. The molecule has 0 atom stereocenters. The van der Waals surface area contributed by atoms with E-state index in [9.17, 15) is 9.90 Å². The topological polar surface area (TPSA) is 55.1 Å². The molecule has 0 amide bonds. The zero-order chi connectivity index (χ0) is 17.4. The first-order chi connectivity index (χ1) is 12.1. The summed E-state index contributed by atoms with van der Waals surface area (Å²) in [4.78, 5) is 12.8. The summed E-state index contributed by atoms with van der Waals surface area (Å²) in [6, 6.07) is 18.0. The van der Waals surface area contributed by atoms with E-state index in [0.29, 0.717) is 16.0 Å². The molecule has 4 nitrogen and oxygen atoms in total. The van der Waals surface area contributed by atoms with Crippen LogP contribution < -0.4 is 0 Å². The van der Waals surface area contributed by atoms with Gasteiger partial charge in [-0.1, -0.05) is 41.9 Å². The Labute approximate surface area is 148 Å². The summed E-state index contributed by atoms with van der Waals surface area (Å²) in [7, 11) is 0. The normalized spacial score (nSPS) is 10.9. The van der Waals surface area contributed by atoms with Crippen molar-refractivity contribution in [2.24, 2.45) is 0 Å². The average molecular weight is 349 g/mol. The van der Waals surface area contributed by atoms with E-state index >= 15 is 0 Å². The number of aromatic nitrogens is 2. The van der Waals surface area contributed by atoms with Gasteiger partial charge in [0.25, 0.3) is 0 Å². The number of carbonyl (C=O) groups excluding carboxylic acids is 1. The molecule has 25 heavy (non-hydrogen) atoms. The Hall–Kier alpha value is -3.11. The molecule has 1 aromatic heterocycles. The molecule has 1 heterocycles. The summed E-state index contributed by atoms with van der Waals surface area (Å²) in [5, 5.41) is 16.9. The van der Waals surface area contributed by atoms with Crippen molar-refractivity contribution >= 4 is 28.2 Å². The van der Waals surface area contributed by atoms with Crippen molar-refractivity contribution in [2.45, 2.75) is 0 Å². The summed E-state index contributed by atoms with van der Waals surface area (Å²) in [5.74, 6) is -0.286. The Morgan fingerprint density at radius 2 is 1.76 bits per heavy atom. The lowest BCUT2D eigenvalue weighted by molar-refractivity contribution is 0.103. The zero-order valence-electron chi connectivity index (χ0n) is 13.1. The van der Waals surface area contributed by atoms with Crippen LogP contribution in [0.15, 0.2) is 73.1 Å². The van der Waals surface area contributed by atoms with Crippen LogP contribution in [0.3, 0.4) is 0 Å². The van der Waals surface area contributed by atoms with Crippen LogP contribution >= 0.6 is 11.6 Å². The first kappa shape index (κ1) is 15.4. The molecule has 0 bridgehead atoms. The lowest BCUT2D eigenvalue weighted by atomic mass is 10.0. The molecule has 0 aliphatic heterocycles. The second-order valence-electron chi connectivity index (χ2n) is 5.66. The van der Waals surface area contributed by atoms with Gasteiger partial charge in [0.2, 0.25) is 0 Å². The van der Waals surface area contributed by atoms with Gasteiger partial charge >= 0.3 is 0 Å². The second-order valence-corrected chi connectivity index (χ2v) is 6.10. The van der Waals surface area contributed by atoms with Crippen LogP contribution in [0.25, 0.3) is 16.5 Å². The van der Waals surface area contributed by atoms with Gasteiger partial charge in [-0.05, 0) is 35.7 Å². The minimum atomic E-state index is -0.275. The molecule has 0 unspecified atom stereocenters. The number of phenols is 1. The van der Waals surface area contributed by atoms with E-state index in [-0.39, 0.29) is 17.1 Å². The third-order valence-corrected chi connectivity index (χ3v) is 4.33. The number of phenolic OH excluding ortho intramolecular Hbond substituents is 1. The van der Waals surface area contributed by atoms with Gasteiger partial charge in [-0.15, -0.1) is 0 Å². The summed E-state index contributed by atoms with van der Waals surface area (Å²) in [6.45, 7) is 0. The first-order valence-electron chi connectivity index (χ1n) is 7.69. The maximum absolute atomic E-state index is 12.8. The molecule has 1 N–H and O–H groups in total. The minimum absolute atomic E-state index is 0.0117. The number of fused-ring (bicyclic) bond motifs is 1. The van der Waals surface area contributed by atoms with Gasteiger partial charge in [0.05, 0.1) is 23.0 Å². The number of aromatic hydroxyl groups is 1. The SMILES string of the molecule is O=C(c1cnn(-c2ccc(Cl)cc2)c1)c1ccc2ccccc2c1O. The molecule has 0 fully saturated rings. The Balaban J connectivity index is 1.72. The van der Waals surface area contributed by atoms with Crippen molar-refractivity contribution in [1.29, 1.82) is 0 Å². The maximum atomic E-state index is 12.8. The van der Waals surface area contributed by atoms with Crippen LogP contribution in [0.4, 0.5) is 0 Å². The fraction of sp³-hybridized carbons (Fsp3) is 0. The number of hydrogen-bond donors (Lipinski definition) is 1. The fourth-order valence-corrected chi connectivity index (χ4v) is 2.89.